The van der Waals surface area contributed by atoms with Crippen LogP contribution in [0.4, 0.5) is 5.69 Å². The molecule has 0 aliphatic carbocycles. The van der Waals surface area contributed by atoms with E-state index in [4.69, 9.17) is 4.42 Å². The van der Waals surface area contributed by atoms with E-state index in [1.807, 2.05) is 24.3 Å². The highest BCUT2D eigenvalue weighted by atomic mass is 32.2. The predicted molar refractivity (Wildman–Crippen MR) is 87.7 cm³/mol. The summed E-state index contributed by atoms with van der Waals surface area (Å²) < 4.78 is 4.91. The number of benzene rings is 1. The maximum atomic E-state index is 12.0. The third-order valence-corrected chi connectivity index (χ3v) is 4.49. The quantitative estimate of drug-likeness (QED) is 0.945. The standard InChI is InChI=1S/C16H13N3O2S/c20-15(12-5-8-21-9-12)18-13-3-1-11(2-4-13)14-10-22-16-17-6-7-19(14)16/h1-5,8-10H,6-7H2,(H,18,20). The second-order valence-corrected chi connectivity index (χ2v) is 5.82. The van der Waals surface area contributed by atoms with Crippen LogP contribution in [0, 0.1) is 0 Å². The highest BCUT2D eigenvalue weighted by Crippen LogP contribution is 2.35. The van der Waals surface area contributed by atoms with Crippen molar-refractivity contribution in [3.63, 3.8) is 0 Å². The van der Waals surface area contributed by atoms with Crippen molar-refractivity contribution in [2.45, 2.75) is 0 Å². The molecule has 2 aromatic rings. The molecule has 0 radical (unpaired) electrons. The lowest BCUT2D eigenvalue weighted by Crippen LogP contribution is -2.19. The Bertz CT molecular complexity index is 763. The molecule has 22 heavy (non-hydrogen) atoms. The molecule has 0 unspecified atom stereocenters. The fourth-order valence-corrected chi connectivity index (χ4v) is 3.43. The number of hydrogen-bond donors (Lipinski definition) is 1. The van der Waals surface area contributed by atoms with Crippen molar-refractivity contribution in [3.8, 4) is 0 Å². The van der Waals surface area contributed by atoms with Crippen LogP contribution in [0.2, 0.25) is 0 Å². The number of rotatable bonds is 3. The SMILES string of the molecule is O=C(Nc1ccc(C2=CSC3=NCCN23)cc1)c1ccoc1. The van der Waals surface area contributed by atoms with Crippen LogP contribution in [0.25, 0.3) is 5.70 Å². The lowest BCUT2D eigenvalue weighted by Gasteiger charge is -2.16. The molecular formula is C16H13N3O2S. The Hall–Kier alpha value is -2.47. The number of carbonyl (C=O) groups is 1. The zero-order valence-electron chi connectivity index (χ0n) is 11.7. The summed E-state index contributed by atoms with van der Waals surface area (Å²) in [7, 11) is 0. The van der Waals surface area contributed by atoms with Crippen LogP contribution < -0.4 is 5.32 Å². The lowest BCUT2D eigenvalue weighted by atomic mass is 10.1. The number of fused-ring (bicyclic) bond motifs is 1. The van der Waals surface area contributed by atoms with E-state index in [2.05, 4.69) is 20.6 Å². The molecule has 0 atom stereocenters. The summed E-state index contributed by atoms with van der Waals surface area (Å²) in [6, 6.07) is 9.48. The molecule has 0 fully saturated rings. The summed E-state index contributed by atoms with van der Waals surface area (Å²) in [5.74, 6) is -0.175. The number of carbonyl (C=O) groups excluding carboxylic acids is 1. The van der Waals surface area contributed by atoms with Gasteiger partial charge < -0.3 is 14.6 Å². The molecule has 0 saturated carbocycles. The molecular weight excluding hydrogens is 298 g/mol. The van der Waals surface area contributed by atoms with Gasteiger partial charge in [-0.15, -0.1) is 0 Å². The molecule has 110 valence electrons. The topological polar surface area (TPSA) is 57.8 Å². The first-order chi connectivity index (χ1) is 10.8. The highest BCUT2D eigenvalue weighted by molar-refractivity contribution is 8.16. The van der Waals surface area contributed by atoms with Gasteiger partial charge in [0.05, 0.1) is 24.1 Å². The van der Waals surface area contributed by atoms with Crippen LogP contribution in [-0.2, 0) is 0 Å². The van der Waals surface area contributed by atoms with Gasteiger partial charge in [-0.2, -0.15) is 0 Å². The van der Waals surface area contributed by atoms with Crippen LogP contribution in [0.5, 0.6) is 0 Å². The summed E-state index contributed by atoms with van der Waals surface area (Å²) in [6.07, 6.45) is 2.91. The minimum Gasteiger partial charge on any atom is -0.472 e. The second-order valence-electron chi connectivity index (χ2n) is 4.98. The van der Waals surface area contributed by atoms with Gasteiger partial charge in [0.1, 0.15) is 6.26 Å². The number of aliphatic imine (C=N–C) groups is 1. The van der Waals surface area contributed by atoms with Crippen molar-refractivity contribution >= 4 is 34.2 Å². The van der Waals surface area contributed by atoms with Crippen molar-refractivity contribution in [2.24, 2.45) is 4.99 Å². The van der Waals surface area contributed by atoms with Gasteiger partial charge in [0, 0.05) is 17.6 Å². The Labute approximate surface area is 131 Å². The third-order valence-electron chi connectivity index (χ3n) is 3.59. The fourth-order valence-electron chi connectivity index (χ4n) is 2.47. The van der Waals surface area contributed by atoms with Crippen LogP contribution in [0.1, 0.15) is 15.9 Å². The first-order valence-corrected chi connectivity index (χ1v) is 7.82. The van der Waals surface area contributed by atoms with E-state index in [9.17, 15) is 4.79 Å². The number of nitrogens with one attached hydrogen (secondary N) is 1. The van der Waals surface area contributed by atoms with Gasteiger partial charge in [-0.25, -0.2) is 0 Å². The van der Waals surface area contributed by atoms with Crippen molar-refractivity contribution in [1.82, 2.24) is 4.90 Å². The zero-order chi connectivity index (χ0) is 14.9. The molecule has 5 nitrogen and oxygen atoms in total. The zero-order valence-corrected chi connectivity index (χ0v) is 12.5. The molecule has 1 amide bonds. The van der Waals surface area contributed by atoms with E-state index in [0.717, 1.165) is 29.5 Å². The van der Waals surface area contributed by atoms with E-state index in [1.54, 1.807) is 17.8 Å². The molecule has 1 N–H and O–H groups in total. The van der Waals surface area contributed by atoms with Crippen molar-refractivity contribution < 1.29 is 9.21 Å². The first-order valence-electron chi connectivity index (χ1n) is 6.94. The first kappa shape index (κ1) is 13.2. The summed E-state index contributed by atoms with van der Waals surface area (Å²) in [6.45, 7) is 1.80. The van der Waals surface area contributed by atoms with Gasteiger partial charge >= 0.3 is 0 Å². The molecule has 3 heterocycles. The van der Waals surface area contributed by atoms with E-state index in [-0.39, 0.29) is 5.91 Å². The normalized spacial score (nSPS) is 16.3. The van der Waals surface area contributed by atoms with Gasteiger partial charge in [-0.1, -0.05) is 23.9 Å². The minimum atomic E-state index is -0.175. The number of amidine groups is 1. The van der Waals surface area contributed by atoms with Crippen molar-refractivity contribution in [3.05, 3.63) is 59.4 Å². The van der Waals surface area contributed by atoms with Crippen LogP contribution in [0.3, 0.4) is 0 Å². The van der Waals surface area contributed by atoms with E-state index in [1.165, 1.54) is 18.2 Å². The van der Waals surface area contributed by atoms with Crippen molar-refractivity contribution in [2.75, 3.05) is 18.4 Å². The average molecular weight is 311 g/mol. The average Bonchev–Trinajstić information content (AvgIpc) is 3.26. The summed E-state index contributed by atoms with van der Waals surface area (Å²) in [4.78, 5) is 18.6. The number of anilines is 1. The smallest absolute Gasteiger partial charge is 0.258 e. The molecule has 0 bridgehead atoms. The number of amides is 1. The van der Waals surface area contributed by atoms with Gasteiger partial charge in [0.15, 0.2) is 5.17 Å². The maximum absolute atomic E-state index is 12.0. The van der Waals surface area contributed by atoms with E-state index < -0.39 is 0 Å². The van der Waals surface area contributed by atoms with Gasteiger partial charge in [0.2, 0.25) is 0 Å². The van der Waals surface area contributed by atoms with Crippen LogP contribution >= 0.6 is 11.8 Å². The Balaban J connectivity index is 1.49. The summed E-state index contributed by atoms with van der Waals surface area (Å²) in [5.41, 5.74) is 3.57. The number of thioether (sulfide) groups is 1. The largest absolute Gasteiger partial charge is 0.472 e. The summed E-state index contributed by atoms with van der Waals surface area (Å²) in [5, 5.41) is 6.05. The molecule has 2 aliphatic rings. The fraction of sp³-hybridized carbons (Fsp3) is 0.125. The van der Waals surface area contributed by atoms with Crippen LogP contribution in [-0.4, -0.2) is 29.1 Å². The lowest BCUT2D eigenvalue weighted by molar-refractivity contribution is 0.102. The minimum absolute atomic E-state index is 0.175. The molecule has 0 spiro atoms. The Kier molecular flexibility index (Phi) is 3.23. The van der Waals surface area contributed by atoms with Gasteiger partial charge in [-0.3, -0.25) is 9.79 Å². The molecule has 6 heteroatoms. The number of nitrogens with zero attached hydrogens (tertiary/aromatic N) is 2. The highest BCUT2D eigenvalue weighted by Gasteiger charge is 2.26. The maximum Gasteiger partial charge on any atom is 0.258 e. The molecule has 1 aromatic heterocycles. The third kappa shape index (κ3) is 2.31. The Morgan fingerprint density at radius 2 is 2.14 bits per heavy atom. The molecule has 4 rings (SSSR count). The predicted octanol–water partition coefficient (Wildman–Crippen LogP) is 3.25. The van der Waals surface area contributed by atoms with Gasteiger partial charge in [0.25, 0.3) is 5.91 Å². The van der Waals surface area contributed by atoms with E-state index >= 15 is 0 Å². The molecule has 1 aromatic carbocycles. The van der Waals surface area contributed by atoms with Gasteiger partial charge in [-0.05, 0) is 23.8 Å². The summed E-state index contributed by atoms with van der Waals surface area (Å²) >= 11 is 1.66. The number of furan rings is 1. The number of hydrogen-bond acceptors (Lipinski definition) is 5. The Morgan fingerprint density at radius 1 is 1.27 bits per heavy atom. The van der Waals surface area contributed by atoms with Crippen molar-refractivity contribution in [1.29, 1.82) is 0 Å². The monoisotopic (exact) mass is 311 g/mol. The van der Waals surface area contributed by atoms with Crippen LogP contribution in [0.15, 0.2) is 57.7 Å². The molecule has 2 aliphatic heterocycles. The Morgan fingerprint density at radius 3 is 2.91 bits per heavy atom. The molecule has 0 saturated heterocycles. The second kappa shape index (κ2) is 5.38. The van der Waals surface area contributed by atoms with E-state index in [0.29, 0.717) is 5.56 Å².